The van der Waals surface area contributed by atoms with E-state index in [-0.39, 0.29) is 42.4 Å². The number of hydrogen-bond acceptors (Lipinski definition) is 3. The maximum Gasteiger partial charge on any atom is 0.282 e. The monoisotopic (exact) mass is 427 g/mol. The minimum Gasteiger partial charge on any atom is -0.463 e. The molecular weight excluding hydrogens is 403 g/mol. The SMILES string of the molecule is N=C1NC2(CO1)C[C@@H]1CC(F)(F)CC[C@H]1[C@@H]2C=Cc1ccc(-c2cccc(F)c2)cn1. The van der Waals surface area contributed by atoms with E-state index < -0.39 is 11.5 Å². The van der Waals surface area contributed by atoms with Crippen molar-refractivity contribution in [3.8, 4) is 11.1 Å². The van der Waals surface area contributed by atoms with E-state index in [1.54, 1.807) is 12.3 Å². The summed E-state index contributed by atoms with van der Waals surface area (Å²) in [6.07, 6.45) is 6.53. The summed E-state index contributed by atoms with van der Waals surface area (Å²) in [7, 11) is 0. The Hall–Kier alpha value is -2.83. The van der Waals surface area contributed by atoms with Crippen molar-refractivity contribution >= 4 is 12.1 Å². The minimum atomic E-state index is -2.61. The van der Waals surface area contributed by atoms with E-state index >= 15 is 0 Å². The number of rotatable bonds is 3. The quantitative estimate of drug-likeness (QED) is 0.702. The van der Waals surface area contributed by atoms with Gasteiger partial charge in [-0.2, -0.15) is 0 Å². The third-order valence-corrected chi connectivity index (χ3v) is 6.99. The molecule has 1 unspecified atom stereocenters. The molecule has 162 valence electrons. The van der Waals surface area contributed by atoms with Gasteiger partial charge < -0.3 is 10.1 Å². The molecule has 1 aliphatic heterocycles. The fourth-order valence-electron chi connectivity index (χ4n) is 5.62. The van der Waals surface area contributed by atoms with Crippen molar-refractivity contribution in [1.82, 2.24) is 10.3 Å². The zero-order chi connectivity index (χ0) is 21.6. The van der Waals surface area contributed by atoms with Crippen LogP contribution >= 0.6 is 0 Å². The highest BCUT2D eigenvalue weighted by Gasteiger charge is 2.59. The third-order valence-electron chi connectivity index (χ3n) is 6.99. The number of fused-ring (bicyclic) bond motifs is 1. The average Bonchev–Trinajstić information content (AvgIpc) is 3.24. The molecule has 4 atom stereocenters. The first-order chi connectivity index (χ1) is 14.8. The molecule has 3 fully saturated rings. The van der Waals surface area contributed by atoms with Crippen LogP contribution in [0.3, 0.4) is 0 Å². The summed E-state index contributed by atoms with van der Waals surface area (Å²) in [4.78, 5) is 4.48. The highest BCUT2D eigenvalue weighted by molar-refractivity contribution is 5.73. The molecule has 0 radical (unpaired) electrons. The van der Waals surface area contributed by atoms with E-state index in [0.717, 1.165) is 16.8 Å². The summed E-state index contributed by atoms with van der Waals surface area (Å²) >= 11 is 0. The molecule has 5 rings (SSSR count). The highest BCUT2D eigenvalue weighted by Crippen LogP contribution is 2.55. The largest absolute Gasteiger partial charge is 0.463 e. The summed E-state index contributed by atoms with van der Waals surface area (Å²) in [6.45, 7) is 0.325. The molecule has 2 aliphatic carbocycles. The summed E-state index contributed by atoms with van der Waals surface area (Å²) in [5, 5.41) is 11.0. The molecule has 1 aromatic heterocycles. The molecule has 1 spiro atoms. The third kappa shape index (κ3) is 3.82. The van der Waals surface area contributed by atoms with Crippen LogP contribution in [0.4, 0.5) is 13.2 Å². The second-order valence-electron chi connectivity index (χ2n) is 8.99. The van der Waals surface area contributed by atoms with Crippen molar-refractivity contribution in [1.29, 1.82) is 5.41 Å². The Labute approximate surface area is 179 Å². The lowest BCUT2D eigenvalue weighted by molar-refractivity contribution is -0.0659. The van der Waals surface area contributed by atoms with E-state index in [9.17, 15) is 13.2 Å². The van der Waals surface area contributed by atoms with E-state index in [1.807, 2.05) is 30.4 Å². The molecule has 1 aromatic carbocycles. The molecule has 2 aromatic rings. The zero-order valence-corrected chi connectivity index (χ0v) is 17.0. The van der Waals surface area contributed by atoms with Gasteiger partial charge in [0.05, 0.1) is 11.2 Å². The van der Waals surface area contributed by atoms with Crippen LogP contribution in [-0.2, 0) is 4.74 Å². The van der Waals surface area contributed by atoms with Gasteiger partial charge in [0.25, 0.3) is 6.02 Å². The van der Waals surface area contributed by atoms with Crippen LogP contribution in [0.1, 0.15) is 31.4 Å². The molecular formula is C24H24F3N3O. The first-order valence-corrected chi connectivity index (χ1v) is 10.6. The Morgan fingerprint density at radius 2 is 2.03 bits per heavy atom. The molecule has 2 saturated carbocycles. The second-order valence-corrected chi connectivity index (χ2v) is 8.99. The van der Waals surface area contributed by atoms with Gasteiger partial charge in [0.2, 0.25) is 5.92 Å². The molecule has 31 heavy (non-hydrogen) atoms. The summed E-state index contributed by atoms with van der Waals surface area (Å²) in [6, 6.07) is 10.1. The molecule has 7 heteroatoms. The number of nitrogens with one attached hydrogen (secondary N) is 2. The summed E-state index contributed by atoms with van der Waals surface area (Å²) in [5.74, 6) is -2.88. The number of aromatic nitrogens is 1. The molecule has 2 N–H and O–H groups in total. The van der Waals surface area contributed by atoms with Gasteiger partial charge in [0, 0.05) is 30.5 Å². The number of hydrogen-bond donors (Lipinski definition) is 2. The van der Waals surface area contributed by atoms with Gasteiger partial charge in [0.1, 0.15) is 12.4 Å². The first-order valence-electron chi connectivity index (χ1n) is 10.6. The van der Waals surface area contributed by atoms with Crippen molar-refractivity contribution < 1.29 is 17.9 Å². The molecule has 0 amide bonds. The minimum absolute atomic E-state index is 0.0128. The standard InChI is InChI=1S/C24H24F3N3O/c25-18-3-1-2-15(10-18)16-4-5-19(29-13-16)6-7-21-20-8-9-24(26,27)12-17(20)11-23(21)14-31-22(28)30-23/h1-7,10,13,17,20-21H,8-9,11-12,14H2,(H2,28,30)/t17-,20-,21+,23?/m1/s1. The highest BCUT2D eigenvalue weighted by atomic mass is 19.3. The number of ether oxygens (including phenoxy) is 1. The van der Waals surface area contributed by atoms with Gasteiger partial charge in [-0.15, -0.1) is 0 Å². The fraction of sp³-hybridized carbons (Fsp3) is 0.417. The molecule has 1 saturated heterocycles. The van der Waals surface area contributed by atoms with Crippen molar-refractivity contribution in [3.05, 3.63) is 60.2 Å². The van der Waals surface area contributed by atoms with Crippen molar-refractivity contribution in [3.63, 3.8) is 0 Å². The Kier molecular flexibility index (Phi) is 4.79. The van der Waals surface area contributed by atoms with Crippen LogP contribution in [0, 0.1) is 29.0 Å². The van der Waals surface area contributed by atoms with Crippen LogP contribution in [0.5, 0.6) is 0 Å². The van der Waals surface area contributed by atoms with Gasteiger partial charge in [-0.05, 0) is 54.5 Å². The number of halogens is 3. The Morgan fingerprint density at radius 3 is 2.74 bits per heavy atom. The van der Waals surface area contributed by atoms with E-state index in [2.05, 4.69) is 10.3 Å². The maximum atomic E-state index is 14.0. The summed E-state index contributed by atoms with van der Waals surface area (Å²) in [5.41, 5.74) is 1.82. The smallest absolute Gasteiger partial charge is 0.282 e. The number of nitrogens with zero attached hydrogens (tertiary/aromatic N) is 1. The summed E-state index contributed by atoms with van der Waals surface area (Å²) < 4.78 is 46.9. The lowest BCUT2D eigenvalue weighted by Crippen LogP contribution is -2.47. The van der Waals surface area contributed by atoms with E-state index in [4.69, 9.17) is 10.1 Å². The van der Waals surface area contributed by atoms with Gasteiger partial charge in [-0.1, -0.05) is 24.3 Å². The Balaban J connectivity index is 1.39. The molecule has 4 nitrogen and oxygen atoms in total. The predicted octanol–water partition coefficient (Wildman–Crippen LogP) is 5.27. The van der Waals surface area contributed by atoms with E-state index in [0.29, 0.717) is 19.4 Å². The number of benzene rings is 1. The predicted molar refractivity (Wildman–Crippen MR) is 112 cm³/mol. The van der Waals surface area contributed by atoms with Crippen LogP contribution in [0.25, 0.3) is 17.2 Å². The van der Waals surface area contributed by atoms with Crippen LogP contribution in [0.15, 0.2) is 48.7 Å². The normalized spacial score (nSPS) is 31.6. The second kappa shape index (κ2) is 7.39. The average molecular weight is 427 g/mol. The van der Waals surface area contributed by atoms with Crippen molar-refractivity contribution in [2.75, 3.05) is 6.61 Å². The van der Waals surface area contributed by atoms with E-state index in [1.165, 1.54) is 12.1 Å². The van der Waals surface area contributed by atoms with Crippen molar-refractivity contribution in [2.24, 2.45) is 17.8 Å². The maximum absolute atomic E-state index is 14.0. The van der Waals surface area contributed by atoms with Gasteiger partial charge in [0.15, 0.2) is 0 Å². The molecule has 2 heterocycles. The van der Waals surface area contributed by atoms with Crippen LogP contribution in [0.2, 0.25) is 0 Å². The Bertz CT molecular complexity index is 1020. The number of alkyl halides is 2. The van der Waals surface area contributed by atoms with Crippen molar-refractivity contribution in [2.45, 2.75) is 37.1 Å². The topological polar surface area (TPSA) is 58.0 Å². The van der Waals surface area contributed by atoms with Crippen LogP contribution in [-0.4, -0.2) is 29.1 Å². The molecule has 3 aliphatic rings. The number of pyridine rings is 1. The lowest BCUT2D eigenvalue weighted by atomic mass is 9.75. The van der Waals surface area contributed by atoms with Gasteiger partial charge in [-0.25, -0.2) is 13.2 Å². The molecule has 0 bridgehead atoms. The fourth-order valence-corrected chi connectivity index (χ4v) is 5.62. The van der Waals surface area contributed by atoms with Gasteiger partial charge >= 0.3 is 0 Å². The zero-order valence-electron chi connectivity index (χ0n) is 17.0. The Morgan fingerprint density at radius 1 is 1.16 bits per heavy atom. The van der Waals surface area contributed by atoms with Gasteiger partial charge in [-0.3, -0.25) is 10.4 Å². The number of amidine groups is 1. The lowest BCUT2D eigenvalue weighted by Gasteiger charge is -2.34. The van der Waals surface area contributed by atoms with Crippen LogP contribution < -0.4 is 5.32 Å². The first kappa shape index (κ1) is 20.1.